The second-order valence-corrected chi connectivity index (χ2v) is 10.4. The number of anilines is 1. The summed E-state index contributed by atoms with van der Waals surface area (Å²) in [6.45, 7) is 3.98. The van der Waals surface area contributed by atoms with Crippen LogP contribution in [0.4, 0.5) is 17.1 Å². The quantitative estimate of drug-likeness (QED) is 0.175. The van der Waals surface area contributed by atoms with E-state index in [1.54, 1.807) is 49.4 Å². The molecule has 4 aromatic rings. The molecule has 0 heterocycles. The minimum Gasteiger partial charge on any atom is -0.870 e. The van der Waals surface area contributed by atoms with Crippen LogP contribution in [0.25, 0.3) is 10.8 Å². The van der Waals surface area contributed by atoms with Crippen LogP contribution in [0.3, 0.4) is 0 Å². The third kappa shape index (κ3) is 6.77. The maximum absolute atomic E-state index is 13.5. The van der Waals surface area contributed by atoms with Gasteiger partial charge in [-0.05, 0) is 54.6 Å². The van der Waals surface area contributed by atoms with Crippen LogP contribution in [0, 0.1) is 0 Å². The Bertz CT molecular complexity index is 1730. The van der Waals surface area contributed by atoms with Crippen molar-refractivity contribution in [2.45, 2.75) is 25.2 Å². The minimum atomic E-state index is -4.77. The summed E-state index contributed by atoms with van der Waals surface area (Å²) >= 11 is 12.3. The Morgan fingerprint density at radius 2 is 1.70 bits per heavy atom. The average Bonchev–Trinajstić information content (AvgIpc) is 2.88. The monoisotopic (exact) mass is 609 g/mol. The van der Waals surface area contributed by atoms with Gasteiger partial charge in [0, 0.05) is 16.6 Å². The molecule has 40 heavy (non-hydrogen) atoms. The fourth-order valence-electron chi connectivity index (χ4n) is 3.95. The predicted molar refractivity (Wildman–Crippen MR) is 149 cm³/mol. The smallest absolute Gasteiger partial charge is 0.870 e. The molecule has 202 valence electrons. The van der Waals surface area contributed by atoms with Crippen molar-refractivity contribution in [3.05, 3.63) is 81.8 Å². The van der Waals surface area contributed by atoms with E-state index in [2.05, 4.69) is 15.5 Å². The van der Waals surface area contributed by atoms with E-state index in [1.165, 1.54) is 18.2 Å². The van der Waals surface area contributed by atoms with Gasteiger partial charge in [0.15, 0.2) is 0 Å². The van der Waals surface area contributed by atoms with E-state index < -0.39 is 26.7 Å². The molecule has 0 spiro atoms. The van der Waals surface area contributed by atoms with Crippen LogP contribution in [0.1, 0.15) is 29.8 Å². The molecule has 0 aliphatic carbocycles. The van der Waals surface area contributed by atoms with Crippen molar-refractivity contribution >= 4 is 67.1 Å². The Hall–Kier alpha value is -2.70. The molecule has 0 saturated carbocycles. The van der Waals surface area contributed by atoms with Crippen LogP contribution in [0.2, 0.25) is 10.0 Å². The second kappa shape index (κ2) is 13.3. The average molecular weight is 610 g/mol. The number of rotatable bonds is 8. The number of amides is 1. The first-order valence-electron chi connectivity index (χ1n) is 11.7. The van der Waals surface area contributed by atoms with Gasteiger partial charge in [-0.25, -0.2) is 0 Å². The van der Waals surface area contributed by atoms with Crippen LogP contribution >= 0.6 is 23.2 Å². The van der Waals surface area contributed by atoms with E-state index in [1.807, 2.05) is 6.92 Å². The number of halogens is 2. The topological polar surface area (TPSA) is 140 Å². The van der Waals surface area contributed by atoms with Gasteiger partial charge in [0.25, 0.3) is 16.0 Å². The number of carbonyl (C=O) groups excluding carboxylic acids is 1. The number of azo groups is 1. The zero-order chi connectivity index (χ0) is 28.3. The number of nitrogens with one attached hydrogen (secondary N) is 1. The van der Waals surface area contributed by atoms with E-state index in [-0.39, 0.29) is 56.5 Å². The summed E-state index contributed by atoms with van der Waals surface area (Å²) < 4.78 is 39.3. The molecule has 0 atom stereocenters. The van der Waals surface area contributed by atoms with Gasteiger partial charge < -0.3 is 15.2 Å². The molecule has 0 saturated heterocycles. The molecule has 2 N–H and O–H groups in total. The molecule has 4 aromatic carbocycles. The summed E-state index contributed by atoms with van der Waals surface area (Å²) in [5.41, 5.74) is 0.160. The van der Waals surface area contributed by atoms with Crippen molar-refractivity contribution in [1.29, 1.82) is 0 Å². The largest absolute Gasteiger partial charge is 1.00 e. The number of benzene rings is 4. The van der Waals surface area contributed by atoms with Crippen LogP contribution < -0.4 is 44.7 Å². The maximum Gasteiger partial charge on any atom is 1.00 e. The van der Waals surface area contributed by atoms with Crippen LogP contribution in [-0.4, -0.2) is 25.5 Å². The first-order chi connectivity index (χ1) is 18.5. The standard InChI is InChI=1S/C27H23Cl2N3O6S.Na/c1-3-15-9-11-20(28)26(39(35,36)37)23(15)31-32-24-18-8-6-5-7-16(18)13-19(25(24)33)27(34)30-17-10-12-22(38-4-2)21(29)14-17;/h5-14,33H,3-4H2,1-2H3,(H,30,34)(H,35,36,37);/q;+1/p-1. The van der Waals surface area contributed by atoms with E-state index >= 15 is 0 Å². The zero-order valence-electron chi connectivity index (χ0n) is 21.7. The van der Waals surface area contributed by atoms with Crippen LogP contribution in [0.15, 0.2) is 75.8 Å². The van der Waals surface area contributed by atoms with Crippen molar-refractivity contribution in [2.24, 2.45) is 10.2 Å². The van der Waals surface area contributed by atoms with Gasteiger partial charge in [-0.15, -0.1) is 5.11 Å². The first-order valence-corrected chi connectivity index (χ1v) is 13.9. The number of fused-ring (bicyclic) bond motifs is 1. The predicted octanol–water partition coefficient (Wildman–Crippen LogP) is 4.10. The number of nitrogens with zero attached hydrogens (tertiary/aromatic N) is 2. The number of carbonyl (C=O) groups is 1. The molecule has 4 rings (SSSR count). The van der Waals surface area contributed by atoms with Crippen LogP contribution in [-0.2, 0) is 16.5 Å². The van der Waals surface area contributed by atoms with Crippen molar-refractivity contribution in [3.63, 3.8) is 0 Å². The molecule has 9 nitrogen and oxygen atoms in total. The molecular weight excluding hydrogens is 588 g/mol. The van der Waals surface area contributed by atoms with Gasteiger partial charge in [-0.1, -0.05) is 66.2 Å². The van der Waals surface area contributed by atoms with Crippen molar-refractivity contribution in [2.75, 3.05) is 11.9 Å². The molecule has 1 amide bonds. The minimum absolute atomic E-state index is 0. The SMILES string of the molecule is CCOc1ccc(NC(=O)c2cc3ccccc3c(N=Nc3c(CC)ccc(Cl)c3S(=O)(=O)O)c2[O-])cc1Cl.[Na+]. The van der Waals surface area contributed by atoms with Crippen molar-refractivity contribution < 1.29 is 57.2 Å². The molecule has 0 unspecified atom stereocenters. The Morgan fingerprint density at radius 1 is 1.00 bits per heavy atom. The number of aryl methyl sites for hydroxylation is 1. The molecule has 0 aliphatic rings. The summed E-state index contributed by atoms with van der Waals surface area (Å²) in [6.07, 6.45) is 0.339. The third-order valence-electron chi connectivity index (χ3n) is 5.77. The maximum atomic E-state index is 13.5. The number of ether oxygens (including phenoxy) is 1. The van der Waals surface area contributed by atoms with Gasteiger partial charge >= 0.3 is 29.6 Å². The van der Waals surface area contributed by atoms with E-state index in [0.29, 0.717) is 40.8 Å². The summed E-state index contributed by atoms with van der Waals surface area (Å²) in [7, 11) is -4.77. The Balaban J connectivity index is 0.00000441. The summed E-state index contributed by atoms with van der Waals surface area (Å²) in [4.78, 5) is 12.6. The summed E-state index contributed by atoms with van der Waals surface area (Å²) in [5, 5.41) is 25.2. The van der Waals surface area contributed by atoms with Crippen LogP contribution in [0.5, 0.6) is 11.5 Å². The van der Waals surface area contributed by atoms with Crippen molar-refractivity contribution in [3.8, 4) is 11.5 Å². The molecule has 0 aliphatic heterocycles. The fraction of sp³-hybridized carbons (Fsp3) is 0.148. The van der Waals surface area contributed by atoms with E-state index in [0.717, 1.165) is 0 Å². The molecule has 0 fully saturated rings. The van der Waals surface area contributed by atoms with E-state index in [4.69, 9.17) is 27.9 Å². The van der Waals surface area contributed by atoms with Gasteiger partial charge in [-0.2, -0.15) is 13.5 Å². The first kappa shape index (κ1) is 31.8. The molecular formula is C27H22Cl2N3NaO6S. The normalized spacial score (nSPS) is 11.4. The van der Waals surface area contributed by atoms with Gasteiger partial charge in [0.1, 0.15) is 16.3 Å². The summed E-state index contributed by atoms with van der Waals surface area (Å²) in [5.74, 6) is -0.995. The number of hydrogen-bond donors (Lipinski definition) is 2. The third-order valence-corrected chi connectivity index (χ3v) is 7.42. The summed E-state index contributed by atoms with van der Waals surface area (Å²) in [6, 6.07) is 15.7. The Labute approximate surface area is 263 Å². The second-order valence-electron chi connectivity index (χ2n) is 8.27. The zero-order valence-corrected chi connectivity index (χ0v) is 26.1. The molecule has 0 radical (unpaired) electrons. The van der Waals surface area contributed by atoms with E-state index in [9.17, 15) is 22.9 Å². The van der Waals surface area contributed by atoms with Gasteiger partial charge in [0.05, 0.1) is 22.3 Å². The van der Waals surface area contributed by atoms with Gasteiger partial charge in [-0.3, -0.25) is 9.35 Å². The number of hydrogen-bond acceptors (Lipinski definition) is 7. The Morgan fingerprint density at radius 3 is 2.35 bits per heavy atom. The van der Waals surface area contributed by atoms with Crippen molar-refractivity contribution in [1.82, 2.24) is 0 Å². The van der Waals surface area contributed by atoms with Gasteiger partial charge in [0.2, 0.25) is 0 Å². The Kier molecular flexibility index (Phi) is 10.6. The molecule has 0 aromatic heterocycles. The molecule has 0 bridgehead atoms. The fourth-order valence-corrected chi connectivity index (χ4v) is 5.37. The molecule has 13 heteroatoms.